The zero-order valence-corrected chi connectivity index (χ0v) is 12.2. The molecule has 0 spiro atoms. The molecule has 0 saturated carbocycles. The fourth-order valence-electron chi connectivity index (χ4n) is 2.43. The monoisotopic (exact) mass is 294 g/mol. The van der Waals surface area contributed by atoms with Crippen LogP contribution in [0.1, 0.15) is 25.5 Å². The second-order valence-electron chi connectivity index (χ2n) is 4.86. The summed E-state index contributed by atoms with van der Waals surface area (Å²) < 4.78 is 5.08. The third-order valence-electron chi connectivity index (χ3n) is 3.29. The molecule has 1 aromatic rings. The molecule has 1 aliphatic rings. The van der Waals surface area contributed by atoms with Crippen molar-refractivity contribution in [1.82, 2.24) is 10.6 Å². The molecule has 2 rings (SSSR count). The molecule has 3 N–H and O–H groups in total. The minimum atomic E-state index is -1.46. The zero-order valence-electron chi connectivity index (χ0n) is 11.4. The maximum absolute atomic E-state index is 12.2. The number of benzene rings is 1. The topological polar surface area (TPSA) is 70.6 Å². The second kappa shape index (κ2) is 5.76. The Hall–Kier alpha value is -1.66. The lowest BCUT2D eigenvalue weighted by Gasteiger charge is -2.43. The van der Waals surface area contributed by atoms with Gasteiger partial charge in [0, 0.05) is 0 Å². The number of carbonyl (C=O) groups is 1. The van der Waals surface area contributed by atoms with Crippen molar-refractivity contribution in [3.63, 3.8) is 0 Å². The number of hydrogen-bond acceptors (Lipinski definition) is 4. The van der Waals surface area contributed by atoms with Gasteiger partial charge in [0.25, 0.3) is 0 Å². The molecule has 1 aliphatic heterocycles. The van der Waals surface area contributed by atoms with E-state index in [1.54, 1.807) is 6.92 Å². The molecule has 108 valence electrons. The maximum atomic E-state index is 12.2. The van der Waals surface area contributed by atoms with Crippen molar-refractivity contribution in [1.29, 1.82) is 0 Å². The van der Waals surface area contributed by atoms with Crippen molar-refractivity contribution in [2.75, 3.05) is 6.61 Å². The Kier molecular flexibility index (Phi) is 4.25. The molecule has 1 heterocycles. The Morgan fingerprint density at radius 3 is 2.70 bits per heavy atom. The Morgan fingerprint density at radius 1 is 1.45 bits per heavy atom. The molecule has 20 heavy (non-hydrogen) atoms. The Labute approximate surface area is 123 Å². The van der Waals surface area contributed by atoms with Crippen LogP contribution in [0, 0.1) is 5.92 Å². The third-order valence-corrected chi connectivity index (χ3v) is 3.51. The molecular weight excluding hydrogens is 276 g/mol. The highest BCUT2D eigenvalue weighted by molar-refractivity contribution is 7.80. The van der Waals surface area contributed by atoms with Gasteiger partial charge in [-0.25, -0.2) is 0 Å². The molecule has 0 aliphatic carbocycles. The van der Waals surface area contributed by atoms with Crippen LogP contribution in [0.15, 0.2) is 30.3 Å². The summed E-state index contributed by atoms with van der Waals surface area (Å²) in [7, 11) is 0. The highest BCUT2D eigenvalue weighted by atomic mass is 32.1. The SMILES string of the molecule is CCOC(=O)[C@H]1[C@H](c2ccccc2)NC(=S)N[C@@]1(C)O. The van der Waals surface area contributed by atoms with Crippen molar-refractivity contribution in [2.45, 2.75) is 25.6 Å². The third kappa shape index (κ3) is 2.91. The summed E-state index contributed by atoms with van der Waals surface area (Å²) in [6.07, 6.45) is 0. The molecule has 0 radical (unpaired) electrons. The first-order valence-corrected chi connectivity index (χ1v) is 6.89. The number of rotatable bonds is 3. The molecule has 0 amide bonds. The van der Waals surface area contributed by atoms with Crippen molar-refractivity contribution >= 4 is 23.3 Å². The van der Waals surface area contributed by atoms with Crippen LogP contribution in [-0.4, -0.2) is 28.5 Å². The summed E-state index contributed by atoms with van der Waals surface area (Å²) in [6, 6.07) is 8.97. The van der Waals surface area contributed by atoms with Crippen LogP contribution in [0.25, 0.3) is 0 Å². The van der Waals surface area contributed by atoms with Crippen LogP contribution < -0.4 is 10.6 Å². The predicted octanol–water partition coefficient (Wildman–Crippen LogP) is 1.09. The van der Waals surface area contributed by atoms with Crippen LogP contribution in [0.4, 0.5) is 0 Å². The number of hydrogen-bond donors (Lipinski definition) is 3. The fourth-order valence-corrected chi connectivity index (χ4v) is 2.76. The van der Waals surface area contributed by atoms with Crippen LogP contribution in [0.3, 0.4) is 0 Å². The lowest BCUT2D eigenvalue weighted by Crippen LogP contribution is -2.65. The van der Waals surface area contributed by atoms with E-state index in [9.17, 15) is 9.90 Å². The van der Waals surface area contributed by atoms with Crippen molar-refractivity contribution < 1.29 is 14.6 Å². The molecule has 5 nitrogen and oxygen atoms in total. The van der Waals surface area contributed by atoms with Gasteiger partial charge in [0.05, 0.1) is 12.6 Å². The van der Waals surface area contributed by atoms with Gasteiger partial charge in [-0.2, -0.15) is 0 Å². The largest absolute Gasteiger partial charge is 0.466 e. The van der Waals surface area contributed by atoms with E-state index < -0.39 is 23.7 Å². The first kappa shape index (κ1) is 14.7. The van der Waals surface area contributed by atoms with E-state index in [1.807, 2.05) is 30.3 Å². The van der Waals surface area contributed by atoms with Crippen LogP contribution in [0.2, 0.25) is 0 Å². The average Bonchev–Trinajstić information content (AvgIpc) is 2.37. The van der Waals surface area contributed by atoms with Gasteiger partial charge in [0.2, 0.25) is 0 Å². The van der Waals surface area contributed by atoms with Gasteiger partial charge in [0.15, 0.2) is 5.11 Å². The highest BCUT2D eigenvalue weighted by Crippen LogP contribution is 2.33. The molecule has 0 unspecified atom stereocenters. The molecule has 3 atom stereocenters. The highest BCUT2D eigenvalue weighted by Gasteiger charge is 2.48. The first-order valence-electron chi connectivity index (χ1n) is 6.48. The predicted molar refractivity (Wildman–Crippen MR) is 78.8 cm³/mol. The quantitative estimate of drug-likeness (QED) is 0.573. The van der Waals surface area contributed by atoms with Gasteiger partial charge in [-0.3, -0.25) is 4.79 Å². The standard InChI is InChI=1S/C14H18N2O3S/c1-3-19-12(17)10-11(9-7-5-4-6-8-9)15-13(20)16-14(10,2)18/h4-8,10-11,18H,3H2,1-2H3,(H2,15,16,20)/t10-,11+,14+/m1/s1. The van der Waals surface area contributed by atoms with E-state index in [1.165, 1.54) is 6.92 Å². The van der Waals surface area contributed by atoms with Crippen molar-refractivity contribution in [3.8, 4) is 0 Å². The minimum Gasteiger partial charge on any atom is -0.466 e. The molecule has 1 fully saturated rings. The minimum absolute atomic E-state index is 0.261. The van der Waals surface area contributed by atoms with Gasteiger partial charge in [-0.15, -0.1) is 0 Å². The first-order chi connectivity index (χ1) is 9.45. The summed E-state index contributed by atoms with van der Waals surface area (Å²) >= 11 is 5.10. The number of carbonyl (C=O) groups excluding carboxylic acids is 1. The Bertz CT molecular complexity index is 504. The lowest BCUT2D eigenvalue weighted by atomic mass is 9.83. The van der Waals surface area contributed by atoms with Crippen molar-refractivity contribution in [2.24, 2.45) is 5.92 Å². The molecule has 0 aromatic heterocycles. The normalized spacial score (nSPS) is 29.2. The lowest BCUT2D eigenvalue weighted by molar-refractivity contribution is -0.162. The average molecular weight is 294 g/mol. The van der Waals surface area contributed by atoms with E-state index in [0.29, 0.717) is 5.11 Å². The smallest absolute Gasteiger partial charge is 0.316 e. The summed E-state index contributed by atoms with van der Waals surface area (Å²) in [5.41, 5.74) is -0.593. The van der Waals surface area contributed by atoms with E-state index in [2.05, 4.69) is 10.6 Å². The van der Waals surface area contributed by atoms with E-state index >= 15 is 0 Å². The molecule has 1 aromatic carbocycles. The molecule has 6 heteroatoms. The number of aliphatic hydroxyl groups is 1. The number of esters is 1. The number of thiocarbonyl (C=S) groups is 1. The van der Waals surface area contributed by atoms with Gasteiger partial charge < -0.3 is 20.5 Å². The summed E-state index contributed by atoms with van der Waals surface area (Å²) in [5.74, 6) is -1.26. The van der Waals surface area contributed by atoms with Gasteiger partial charge in [-0.1, -0.05) is 30.3 Å². The molecule has 0 bridgehead atoms. The number of ether oxygens (including phenoxy) is 1. The van der Waals surface area contributed by atoms with Crippen molar-refractivity contribution in [3.05, 3.63) is 35.9 Å². The Morgan fingerprint density at radius 2 is 2.10 bits per heavy atom. The fraction of sp³-hybridized carbons (Fsp3) is 0.429. The molecular formula is C14H18N2O3S. The summed E-state index contributed by atoms with van der Waals surface area (Å²) in [5, 5.41) is 16.6. The van der Waals surface area contributed by atoms with Crippen LogP contribution in [0.5, 0.6) is 0 Å². The summed E-state index contributed by atoms with van der Waals surface area (Å²) in [4.78, 5) is 12.2. The van der Waals surface area contributed by atoms with Gasteiger partial charge in [0.1, 0.15) is 11.6 Å². The van der Waals surface area contributed by atoms with E-state index in [4.69, 9.17) is 17.0 Å². The second-order valence-corrected chi connectivity index (χ2v) is 5.27. The van der Waals surface area contributed by atoms with Crippen LogP contribution in [-0.2, 0) is 9.53 Å². The van der Waals surface area contributed by atoms with Crippen LogP contribution >= 0.6 is 12.2 Å². The Balaban J connectivity index is 2.39. The van der Waals surface area contributed by atoms with E-state index in [-0.39, 0.29) is 6.61 Å². The van der Waals surface area contributed by atoms with E-state index in [0.717, 1.165) is 5.56 Å². The zero-order chi connectivity index (χ0) is 14.8. The maximum Gasteiger partial charge on any atom is 0.316 e. The summed E-state index contributed by atoms with van der Waals surface area (Å²) in [6.45, 7) is 3.52. The van der Waals surface area contributed by atoms with Gasteiger partial charge >= 0.3 is 5.97 Å². The number of nitrogens with one attached hydrogen (secondary N) is 2. The van der Waals surface area contributed by atoms with Gasteiger partial charge in [-0.05, 0) is 31.6 Å². The molecule has 1 saturated heterocycles.